The van der Waals surface area contributed by atoms with E-state index in [1.807, 2.05) is 0 Å². The molecule has 0 bridgehead atoms. The van der Waals surface area contributed by atoms with Crippen molar-refractivity contribution in [3.8, 4) is 0 Å². The normalized spacial score (nSPS) is 37.4. The van der Waals surface area contributed by atoms with Gasteiger partial charge >= 0.3 is 0 Å². The molecule has 0 radical (unpaired) electrons. The van der Waals surface area contributed by atoms with E-state index in [1.165, 1.54) is 6.34 Å². The summed E-state index contributed by atoms with van der Waals surface area (Å²) in [5.41, 5.74) is 5.38. The number of thioether (sulfide) groups is 1. The Morgan fingerprint density at radius 2 is 2.41 bits per heavy atom. The first-order valence-electron chi connectivity index (χ1n) is 5.27. The second kappa shape index (κ2) is 5.21. The molecule has 0 saturated carbocycles. The van der Waals surface area contributed by atoms with Crippen LogP contribution in [0.1, 0.15) is 6.42 Å². The number of nitrogens with zero attached hydrogens (tertiary/aromatic N) is 3. The molecule has 0 aromatic heterocycles. The highest BCUT2D eigenvalue weighted by Crippen LogP contribution is 2.36. The van der Waals surface area contributed by atoms with Gasteiger partial charge in [-0.15, -0.1) is 11.8 Å². The Morgan fingerprint density at radius 3 is 3.06 bits per heavy atom. The Kier molecular flexibility index (Phi) is 3.87. The third-order valence-electron chi connectivity index (χ3n) is 2.71. The van der Waals surface area contributed by atoms with Crippen LogP contribution in [0, 0.1) is 0 Å². The zero-order valence-electron chi connectivity index (χ0n) is 9.43. The molecule has 17 heavy (non-hydrogen) atoms. The van der Waals surface area contributed by atoms with Crippen molar-refractivity contribution in [2.24, 2.45) is 15.7 Å². The summed E-state index contributed by atoms with van der Waals surface area (Å²) in [6, 6.07) is 0. The first-order chi connectivity index (χ1) is 8.11. The van der Waals surface area contributed by atoms with Crippen molar-refractivity contribution in [1.82, 2.24) is 4.90 Å². The molecule has 2 heterocycles. The fraction of sp³-hybridized carbons (Fsp3) is 0.778. The molecule has 0 aromatic rings. The molecule has 1 unspecified atom stereocenters. The molecule has 2 aliphatic heterocycles. The molecule has 2 rings (SSSR count). The molecule has 96 valence electrons. The minimum atomic E-state index is -1.03. The topological polar surface area (TPSA) is 104 Å². The van der Waals surface area contributed by atoms with E-state index in [9.17, 15) is 10.2 Å². The maximum Gasteiger partial charge on any atom is 0.230 e. The van der Waals surface area contributed by atoms with Crippen LogP contribution in [0.3, 0.4) is 0 Å². The van der Waals surface area contributed by atoms with E-state index in [-0.39, 0.29) is 16.6 Å². The van der Waals surface area contributed by atoms with Gasteiger partial charge in [-0.3, -0.25) is 0 Å². The Morgan fingerprint density at radius 1 is 1.65 bits per heavy atom. The highest BCUT2D eigenvalue weighted by atomic mass is 32.2. The van der Waals surface area contributed by atoms with E-state index < -0.39 is 12.5 Å². The summed E-state index contributed by atoms with van der Waals surface area (Å²) < 4.78 is 5.03. The molecule has 7 nitrogen and oxygen atoms in total. The fourth-order valence-electron chi connectivity index (χ4n) is 1.84. The van der Waals surface area contributed by atoms with Gasteiger partial charge in [-0.2, -0.15) is 4.99 Å². The first kappa shape index (κ1) is 12.6. The van der Waals surface area contributed by atoms with Crippen molar-refractivity contribution in [2.45, 2.75) is 29.5 Å². The lowest BCUT2D eigenvalue weighted by Crippen LogP contribution is -2.42. The van der Waals surface area contributed by atoms with Crippen molar-refractivity contribution in [3.05, 3.63) is 0 Å². The van der Waals surface area contributed by atoms with E-state index in [4.69, 9.17) is 10.5 Å². The fourth-order valence-corrected chi connectivity index (χ4v) is 3.36. The summed E-state index contributed by atoms with van der Waals surface area (Å²) in [5.74, 6) is 0.0609. The van der Waals surface area contributed by atoms with Crippen LogP contribution in [-0.2, 0) is 4.74 Å². The number of aliphatic hydroxyl groups is 2. The molecule has 8 heteroatoms. The summed E-state index contributed by atoms with van der Waals surface area (Å²) in [7, 11) is 1.60. The lowest BCUT2D eigenvalue weighted by Gasteiger charge is -2.30. The van der Waals surface area contributed by atoms with Gasteiger partial charge in [-0.05, 0) is 0 Å². The van der Waals surface area contributed by atoms with Gasteiger partial charge in [0.05, 0.1) is 29.7 Å². The molecular weight excluding hydrogens is 244 g/mol. The minimum Gasteiger partial charge on any atom is -0.392 e. The maximum absolute atomic E-state index is 9.85. The van der Waals surface area contributed by atoms with Gasteiger partial charge in [0.1, 0.15) is 0 Å². The van der Waals surface area contributed by atoms with Crippen molar-refractivity contribution in [1.29, 1.82) is 0 Å². The smallest absolute Gasteiger partial charge is 0.230 e. The number of methoxy groups -OCH3 is 1. The first-order valence-corrected chi connectivity index (χ1v) is 6.21. The SMILES string of the molecule is COC[C@H]1S[C@@H](N2C=NC(N)=NC2O)C[C@H]1O. The summed E-state index contributed by atoms with van der Waals surface area (Å²) in [6.07, 6.45) is 0.524. The quantitative estimate of drug-likeness (QED) is 0.586. The van der Waals surface area contributed by atoms with Crippen LogP contribution in [-0.4, -0.2) is 64.2 Å². The zero-order valence-corrected chi connectivity index (χ0v) is 10.2. The van der Waals surface area contributed by atoms with Gasteiger partial charge in [0.15, 0.2) is 0 Å². The van der Waals surface area contributed by atoms with Crippen LogP contribution in [0.4, 0.5) is 0 Å². The van der Waals surface area contributed by atoms with E-state index in [1.54, 1.807) is 23.8 Å². The second-order valence-electron chi connectivity index (χ2n) is 3.91. The monoisotopic (exact) mass is 260 g/mol. The number of aliphatic imine (C=N–C) groups is 2. The number of ether oxygens (including phenoxy) is 1. The molecule has 0 amide bonds. The molecule has 0 aliphatic carbocycles. The van der Waals surface area contributed by atoms with Gasteiger partial charge < -0.3 is 25.6 Å². The molecule has 1 saturated heterocycles. The maximum atomic E-state index is 9.85. The minimum absolute atomic E-state index is 0.00820. The van der Waals surface area contributed by atoms with Crippen LogP contribution in [0.25, 0.3) is 0 Å². The average molecular weight is 260 g/mol. The predicted molar refractivity (Wildman–Crippen MR) is 65.6 cm³/mol. The van der Waals surface area contributed by atoms with Crippen molar-refractivity contribution in [3.63, 3.8) is 0 Å². The zero-order chi connectivity index (χ0) is 12.4. The largest absolute Gasteiger partial charge is 0.392 e. The van der Waals surface area contributed by atoms with Crippen molar-refractivity contribution < 1.29 is 14.9 Å². The van der Waals surface area contributed by atoms with Crippen molar-refractivity contribution in [2.75, 3.05) is 13.7 Å². The van der Waals surface area contributed by atoms with Crippen LogP contribution in [0.15, 0.2) is 9.98 Å². The molecular formula is C9H16N4O3S. The Balaban J connectivity index is 1.99. The highest BCUT2D eigenvalue weighted by Gasteiger charge is 2.38. The van der Waals surface area contributed by atoms with Crippen LogP contribution in [0.2, 0.25) is 0 Å². The highest BCUT2D eigenvalue weighted by molar-refractivity contribution is 8.00. The van der Waals surface area contributed by atoms with Gasteiger partial charge in [-0.25, -0.2) is 4.99 Å². The van der Waals surface area contributed by atoms with E-state index in [0.717, 1.165) is 0 Å². The average Bonchev–Trinajstić information content (AvgIpc) is 2.60. The third-order valence-corrected chi connectivity index (χ3v) is 4.26. The van der Waals surface area contributed by atoms with E-state index >= 15 is 0 Å². The van der Waals surface area contributed by atoms with Crippen LogP contribution < -0.4 is 5.73 Å². The van der Waals surface area contributed by atoms with E-state index in [0.29, 0.717) is 13.0 Å². The molecule has 4 N–H and O–H groups in total. The number of hydrogen-bond acceptors (Lipinski definition) is 8. The molecule has 1 fully saturated rings. The van der Waals surface area contributed by atoms with Gasteiger partial charge in [0, 0.05) is 13.5 Å². The Bertz CT molecular complexity index is 338. The third kappa shape index (κ3) is 2.71. The lowest BCUT2D eigenvalue weighted by molar-refractivity contribution is 0.0458. The molecule has 4 atom stereocenters. The second-order valence-corrected chi connectivity index (χ2v) is 5.33. The molecule has 0 aromatic carbocycles. The molecule has 2 aliphatic rings. The van der Waals surface area contributed by atoms with Crippen molar-refractivity contribution >= 4 is 24.1 Å². The van der Waals surface area contributed by atoms with E-state index in [2.05, 4.69) is 9.98 Å². The number of nitrogens with two attached hydrogens (primary N) is 1. The summed E-state index contributed by atoms with van der Waals surface area (Å²) >= 11 is 1.54. The number of rotatable bonds is 3. The van der Waals surface area contributed by atoms with Gasteiger partial charge in [0.25, 0.3) is 0 Å². The summed E-state index contributed by atoms with van der Waals surface area (Å²) in [6.45, 7) is 0.481. The predicted octanol–water partition coefficient (Wildman–Crippen LogP) is -1.24. The Labute approximate surface area is 103 Å². The standard InChI is InChI=1S/C9H16N4O3S/c1-16-3-6-5(14)2-7(17-6)13-4-11-8(10)12-9(13)15/h4-7,9,14-15H,2-3H2,1H3,(H2,10,12)/t5-,6-,7-,9?/m1/s1. The summed E-state index contributed by atoms with van der Waals surface area (Å²) in [5, 5.41) is 19.5. The van der Waals surface area contributed by atoms with Crippen LogP contribution >= 0.6 is 11.8 Å². The number of aliphatic hydroxyl groups excluding tert-OH is 2. The van der Waals surface area contributed by atoms with Crippen LogP contribution in [0.5, 0.6) is 0 Å². The number of hydrogen-bond donors (Lipinski definition) is 3. The Hall–Kier alpha value is -0.830. The lowest BCUT2D eigenvalue weighted by atomic mass is 10.2. The number of guanidine groups is 1. The van der Waals surface area contributed by atoms with Gasteiger partial charge in [-0.1, -0.05) is 0 Å². The summed E-state index contributed by atoms with van der Waals surface area (Å²) in [4.78, 5) is 9.18. The molecule has 0 spiro atoms. The van der Waals surface area contributed by atoms with Gasteiger partial charge in [0.2, 0.25) is 12.3 Å².